The Hall–Kier alpha value is -1.76. The van der Waals surface area contributed by atoms with Crippen LogP contribution >= 0.6 is 0 Å². The number of carbonyl (C=O) groups excluding carboxylic acids is 1. The molecule has 0 aliphatic carbocycles. The van der Waals surface area contributed by atoms with E-state index in [1.54, 1.807) is 20.8 Å². The molecule has 1 unspecified atom stereocenters. The Balaban J connectivity index is 2.23. The van der Waals surface area contributed by atoms with Crippen molar-refractivity contribution in [3.05, 3.63) is 29.3 Å². The summed E-state index contributed by atoms with van der Waals surface area (Å²) in [6, 6.07) is 3.47. The summed E-state index contributed by atoms with van der Waals surface area (Å²) in [5.74, 6) is 0.348. The number of carbonyl (C=O) groups is 1. The summed E-state index contributed by atoms with van der Waals surface area (Å²) in [5, 5.41) is 5.70. The first-order chi connectivity index (χ1) is 11.0. The molecule has 0 radical (unpaired) electrons. The summed E-state index contributed by atoms with van der Waals surface area (Å²) in [7, 11) is 0. The van der Waals surface area contributed by atoms with Crippen LogP contribution in [0.25, 0.3) is 0 Å². The molecule has 0 spiro atoms. The van der Waals surface area contributed by atoms with Crippen LogP contribution in [0.4, 0.5) is 23.7 Å². The SMILES string of the molecule is CC(C)(C)OC(=O)Nc1cc(C(F)(F)F)ccc1CC1CCNC1. The van der Waals surface area contributed by atoms with E-state index in [-0.39, 0.29) is 5.69 Å². The van der Waals surface area contributed by atoms with Gasteiger partial charge in [-0.2, -0.15) is 13.2 Å². The number of nitrogens with one attached hydrogen (secondary N) is 2. The van der Waals surface area contributed by atoms with E-state index in [1.165, 1.54) is 6.07 Å². The lowest BCUT2D eigenvalue weighted by Gasteiger charge is -2.21. The lowest BCUT2D eigenvalue weighted by atomic mass is 9.96. The first-order valence-corrected chi connectivity index (χ1v) is 7.95. The molecule has 1 amide bonds. The molecule has 1 heterocycles. The second-order valence-electron chi connectivity index (χ2n) is 7.06. The van der Waals surface area contributed by atoms with Gasteiger partial charge in [-0.15, -0.1) is 0 Å². The standard InChI is InChI=1S/C17H23F3N2O2/c1-16(2,3)24-15(23)22-14-9-13(17(18,19)20)5-4-12(14)8-11-6-7-21-10-11/h4-5,9,11,21H,6-8,10H2,1-3H3,(H,22,23). The molecule has 24 heavy (non-hydrogen) atoms. The third-order valence-electron chi connectivity index (χ3n) is 3.74. The highest BCUT2D eigenvalue weighted by Gasteiger charge is 2.31. The number of amides is 1. The zero-order valence-corrected chi connectivity index (χ0v) is 14.1. The fourth-order valence-corrected chi connectivity index (χ4v) is 2.66. The number of hydrogen-bond donors (Lipinski definition) is 2. The fraction of sp³-hybridized carbons (Fsp3) is 0.588. The molecule has 1 aliphatic rings. The van der Waals surface area contributed by atoms with E-state index >= 15 is 0 Å². The van der Waals surface area contributed by atoms with Crippen molar-refractivity contribution in [3.63, 3.8) is 0 Å². The maximum absolute atomic E-state index is 13.0. The van der Waals surface area contributed by atoms with E-state index in [2.05, 4.69) is 10.6 Å². The smallest absolute Gasteiger partial charge is 0.416 e. The summed E-state index contributed by atoms with van der Waals surface area (Å²) >= 11 is 0. The Morgan fingerprint density at radius 1 is 1.33 bits per heavy atom. The Morgan fingerprint density at radius 2 is 2.04 bits per heavy atom. The minimum absolute atomic E-state index is 0.158. The van der Waals surface area contributed by atoms with Crippen LogP contribution in [0.3, 0.4) is 0 Å². The molecule has 7 heteroatoms. The van der Waals surface area contributed by atoms with E-state index in [0.29, 0.717) is 17.9 Å². The molecule has 1 aliphatic heterocycles. The average Bonchev–Trinajstić information content (AvgIpc) is 2.90. The van der Waals surface area contributed by atoms with E-state index in [1.807, 2.05) is 0 Å². The predicted octanol–water partition coefficient (Wildman–Crippen LogP) is 4.20. The van der Waals surface area contributed by atoms with Crippen molar-refractivity contribution in [3.8, 4) is 0 Å². The molecule has 0 saturated carbocycles. The zero-order chi connectivity index (χ0) is 18.0. The number of benzene rings is 1. The van der Waals surface area contributed by atoms with Crippen LogP contribution in [0.15, 0.2) is 18.2 Å². The maximum atomic E-state index is 13.0. The van der Waals surface area contributed by atoms with Gasteiger partial charge in [0.15, 0.2) is 0 Å². The van der Waals surface area contributed by atoms with Crippen LogP contribution in [-0.2, 0) is 17.3 Å². The number of alkyl halides is 3. The highest BCUT2D eigenvalue weighted by atomic mass is 19.4. The van der Waals surface area contributed by atoms with Gasteiger partial charge < -0.3 is 10.1 Å². The summed E-state index contributed by atoms with van der Waals surface area (Å²) in [6.07, 6.45) is -3.64. The predicted molar refractivity (Wildman–Crippen MR) is 86.0 cm³/mol. The van der Waals surface area contributed by atoms with Crippen LogP contribution in [0.1, 0.15) is 38.3 Å². The molecule has 2 rings (SSSR count). The van der Waals surface area contributed by atoms with Crippen molar-refractivity contribution >= 4 is 11.8 Å². The molecule has 2 N–H and O–H groups in total. The van der Waals surface area contributed by atoms with Gasteiger partial charge in [0.2, 0.25) is 0 Å². The maximum Gasteiger partial charge on any atom is 0.416 e. The normalized spacial score (nSPS) is 18.5. The van der Waals surface area contributed by atoms with Crippen molar-refractivity contribution in [2.24, 2.45) is 5.92 Å². The second kappa shape index (κ2) is 7.01. The first-order valence-electron chi connectivity index (χ1n) is 7.95. The molecular formula is C17H23F3N2O2. The highest BCUT2D eigenvalue weighted by Crippen LogP contribution is 2.33. The third-order valence-corrected chi connectivity index (χ3v) is 3.74. The lowest BCUT2D eigenvalue weighted by molar-refractivity contribution is -0.137. The van der Waals surface area contributed by atoms with Crippen LogP contribution in [0.5, 0.6) is 0 Å². The molecule has 134 valence electrons. The molecule has 4 nitrogen and oxygen atoms in total. The average molecular weight is 344 g/mol. The van der Waals surface area contributed by atoms with Gasteiger partial charge in [-0.3, -0.25) is 5.32 Å². The molecule has 1 atom stereocenters. The topological polar surface area (TPSA) is 50.4 Å². The summed E-state index contributed by atoms with van der Waals surface area (Å²) in [5.41, 5.74) is -0.670. The molecule has 1 fully saturated rings. The molecule has 0 aromatic heterocycles. The summed E-state index contributed by atoms with van der Waals surface area (Å²) in [6.45, 7) is 6.82. The number of halogens is 3. The molecule has 1 aromatic rings. The highest BCUT2D eigenvalue weighted by molar-refractivity contribution is 5.86. The summed E-state index contributed by atoms with van der Waals surface area (Å²) < 4.78 is 44.0. The van der Waals surface area contributed by atoms with Gasteiger partial charge in [-0.25, -0.2) is 4.79 Å². The van der Waals surface area contributed by atoms with Gasteiger partial charge in [-0.1, -0.05) is 6.07 Å². The Kier molecular flexibility index (Phi) is 5.42. The minimum atomic E-state index is -4.46. The van der Waals surface area contributed by atoms with Crippen molar-refractivity contribution in [2.45, 2.75) is 45.4 Å². The van der Waals surface area contributed by atoms with Crippen molar-refractivity contribution in [1.29, 1.82) is 0 Å². The number of anilines is 1. The number of hydrogen-bond acceptors (Lipinski definition) is 3. The Labute approximate surface area is 139 Å². The molecule has 0 bridgehead atoms. The molecule has 1 aromatic carbocycles. The van der Waals surface area contributed by atoms with Gasteiger partial charge in [0.25, 0.3) is 0 Å². The van der Waals surface area contributed by atoms with Crippen LogP contribution < -0.4 is 10.6 Å². The van der Waals surface area contributed by atoms with Gasteiger partial charge >= 0.3 is 12.3 Å². The quantitative estimate of drug-likeness (QED) is 0.864. The van der Waals surface area contributed by atoms with Gasteiger partial charge in [0.05, 0.1) is 5.56 Å². The lowest BCUT2D eigenvalue weighted by Crippen LogP contribution is -2.27. The van der Waals surface area contributed by atoms with Gasteiger partial charge in [0.1, 0.15) is 5.60 Å². The van der Waals surface area contributed by atoms with Gasteiger partial charge in [-0.05, 0) is 70.3 Å². The molecule has 1 saturated heterocycles. The third kappa shape index (κ3) is 5.40. The Morgan fingerprint density at radius 3 is 2.58 bits per heavy atom. The largest absolute Gasteiger partial charge is 0.444 e. The monoisotopic (exact) mass is 344 g/mol. The van der Waals surface area contributed by atoms with Crippen molar-refractivity contribution < 1.29 is 22.7 Å². The minimum Gasteiger partial charge on any atom is -0.444 e. The van der Waals surface area contributed by atoms with E-state index < -0.39 is 23.4 Å². The first kappa shape index (κ1) is 18.6. The zero-order valence-electron chi connectivity index (χ0n) is 14.1. The van der Waals surface area contributed by atoms with E-state index in [4.69, 9.17) is 4.74 Å². The number of ether oxygens (including phenoxy) is 1. The second-order valence-corrected chi connectivity index (χ2v) is 7.06. The fourth-order valence-electron chi connectivity index (χ4n) is 2.66. The number of rotatable bonds is 3. The molecular weight excluding hydrogens is 321 g/mol. The van der Waals surface area contributed by atoms with Crippen molar-refractivity contribution in [1.82, 2.24) is 5.32 Å². The van der Waals surface area contributed by atoms with E-state index in [0.717, 1.165) is 31.6 Å². The Bertz CT molecular complexity index is 588. The van der Waals surface area contributed by atoms with Crippen LogP contribution in [0, 0.1) is 5.92 Å². The summed E-state index contributed by atoms with van der Waals surface area (Å²) in [4.78, 5) is 12.0. The van der Waals surface area contributed by atoms with Crippen molar-refractivity contribution in [2.75, 3.05) is 18.4 Å². The van der Waals surface area contributed by atoms with E-state index in [9.17, 15) is 18.0 Å². The van der Waals surface area contributed by atoms with Gasteiger partial charge in [0, 0.05) is 5.69 Å². The van der Waals surface area contributed by atoms with Crippen LogP contribution in [0.2, 0.25) is 0 Å². The van der Waals surface area contributed by atoms with Crippen LogP contribution in [-0.4, -0.2) is 24.8 Å².